The van der Waals surface area contributed by atoms with Gasteiger partial charge in [0.2, 0.25) is 0 Å². The van der Waals surface area contributed by atoms with Gasteiger partial charge in [-0.2, -0.15) is 18.4 Å². The molecular weight excluding hydrogens is 269 g/mol. The number of aliphatic hydroxyl groups is 1. The third kappa shape index (κ3) is 3.05. The van der Waals surface area contributed by atoms with Crippen LogP contribution in [0, 0.1) is 17.2 Å². The van der Waals surface area contributed by atoms with Crippen LogP contribution in [0.15, 0.2) is 18.2 Å². The van der Waals surface area contributed by atoms with E-state index in [1.807, 2.05) is 4.90 Å². The van der Waals surface area contributed by atoms with Crippen LogP contribution in [0.5, 0.6) is 0 Å². The van der Waals surface area contributed by atoms with Crippen LogP contribution in [0.4, 0.5) is 18.9 Å². The Bertz CT molecular complexity index is 514. The van der Waals surface area contributed by atoms with E-state index in [0.717, 1.165) is 18.9 Å². The summed E-state index contributed by atoms with van der Waals surface area (Å²) in [4.78, 5) is 1.95. The summed E-state index contributed by atoms with van der Waals surface area (Å²) in [5.41, 5.74) is -0.612. The highest BCUT2D eigenvalue weighted by atomic mass is 19.4. The molecule has 6 heteroatoms. The van der Waals surface area contributed by atoms with Crippen LogP contribution in [-0.4, -0.2) is 24.8 Å². The third-order valence-electron chi connectivity index (χ3n) is 3.67. The molecule has 0 amide bonds. The zero-order chi connectivity index (χ0) is 14.8. The summed E-state index contributed by atoms with van der Waals surface area (Å²) in [7, 11) is 0. The second-order valence-electron chi connectivity index (χ2n) is 4.95. The molecule has 0 spiro atoms. The smallest absolute Gasteiger partial charge is 0.396 e. The van der Waals surface area contributed by atoms with Gasteiger partial charge >= 0.3 is 6.18 Å². The summed E-state index contributed by atoms with van der Waals surface area (Å²) in [6.45, 7) is 1.51. The minimum atomic E-state index is -4.51. The Balaban J connectivity index is 2.21. The number of benzene rings is 1. The van der Waals surface area contributed by atoms with E-state index in [9.17, 15) is 13.2 Å². The number of nitriles is 1. The SMILES string of the molecule is N#Cc1cc(N2CCC(CO)CC2)ccc1C(F)(F)F. The van der Waals surface area contributed by atoms with E-state index < -0.39 is 11.7 Å². The van der Waals surface area contributed by atoms with Crippen molar-refractivity contribution in [3.05, 3.63) is 29.3 Å². The Labute approximate surface area is 115 Å². The van der Waals surface area contributed by atoms with Gasteiger partial charge in [0.05, 0.1) is 17.2 Å². The standard InChI is InChI=1S/C14H15F3N2O/c15-14(16,17)13-2-1-12(7-11(13)8-18)19-5-3-10(9-20)4-6-19/h1-2,7,10,20H,3-6,9H2. The van der Waals surface area contributed by atoms with E-state index in [4.69, 9.17) is 10.4 Å². The van der Waals surface area contributed by atoms with Gasteiger partial charge < -0.3 is 10.0 Å². The topological polar surface area (TPSA) is 47.3 Å². The molecule has 1 aliphatic heterocycles. The van der Waals surface area contributed by atoms with Crippen LogP contribution in [0.25, 0.3) is 0 Å². The predicted molar refractivity (Wildman–Crippen MR) is 68.2 cm³/mol. The van der Waals surface area contributed by atoms with Crippen LogP contribution in [0.3, 0.4) is 0 Å². The molecule has 1 N–H and O–H groups in total. The van der Waals surface area contributed by atoms with Crippen molar-refractivity contribution in [2.75, 3.05) is 24.6 Å². The highest BCUT2D eigenvalue weighted by molar-refractivity contribution is 5.55. The van der Waals surface area contributed by atoms with Crippen LogP contribution in [0.1, 0.15) is 24.0 Å². The molecule has 1 aliphatic rings. The molecule has 0 bridgehead atoms. The summed E-state index contributed by atoms with van der Waals surface area (Å²) >= 11 is 0. The first kappa shape index (κ1) is 14.7. The minimum Gasteiger partial charge on any atom is -0.396 e. The zero-order valence-electron chi connectivity index (χ0n) is 10.8. The first-order chi connectivity index (χ1) is 9.45. The molecule has 0 radical (unpaired) electrons. The lowest BCUT2D eigenvalue weighted by molar-refractivity contribution is -0.137. The van der Waals surface area contributed by atoms with Gasteiger partial charge in [0.25, 0.3) is 0 Å². The maximum absolute atomic E-state index is 12.7. The van der Waals surface area contributed by atoms with Gasteiger partial charge in [0.1, 0.15) is 0 Å². The highest BCUT2D eigenvalue weighted by Gasteiger charge is 2.34. The number of aliphatic hydroxyl groups excluding tert-OH is 1. The van der Waals surface area contributed by atoms with E-state index in [2.05, 4.69) is 0 Å². The largest absolute Gasteiger partial charge is 0.417 e. The number of hydrogen-bond acceptors (Lipinski definition) is 3. The molecular formula is C14H15F3N2O. The Morgan fingerprint density at radius 3 is 2.45 bits per heavy atom. The number of rotatable bonds is 2. The summed E-state index contributed by atoms with van der Waals surface area (Å²) in [5.74, 6) is 0.260. The van der Waals surface area contributed by atoms with Crippen molar-refractivity contribution < 1.29 is 18.3 Å². The van der Waals surface area contributed by atoms with Gasteiger partial charge in [-0.05, 0) is 37.0 Å². The van der Waals surface area contributed by atoms with Crippen LogP contribution in [0.2, 0.25) is 0 Å². The van der Waals surface area contributed by atoms with Crippen molar-refractivity contribution in [3.8, 4) is 6.07 Å². The Morgan fingerprint density at radius 2 is 1.95 bits per heavy atom. The number of alkyl halides is 3. The van der Waals surface area contributed by atoms with Crippen molar-refractivity contribution in [3.63, 3.8) is 0 Å². The molecule has 1 aromatic carbocycles. The predicted octanol–water partition coefficient (Wildman–Crippen LogP) is 2.79. The average Bonchev–Trinajstić information content (AvgIpc) is 2.45. The molecule has 1 heterocycles. The Hall–Kier alpha value is -1.74. The lowest BCUT2D eigenvalue weighted by atomic mass is 9.97. The van der Waals surface area contributed by atoms with E-state index >= 15 is 0 Å². The normalized spacial score (nSPS) is 17.1. The molecule has 1 fully saturated rings. The summed E-state index contributed by atoms with van der Waals surface area (Å²) < 4.78 is 38.1. The maximum atomic E-state index is 12.7. The van der Waals surface area contributed by atoms with Gasteiger partial charge in [-0.25, -0.2) is 0 Å². The summed E-state index contributed by atoms with van der Waals surface area (Å²) in [5, 5.41) is 18.0. The third-order valence-corrected chi connectivity index (χ3v) is 3.67. The van der Waals surface area contributed by atoms with Crippen molar-refractivity contribution in [1.82, 2.24) is 0 Å². The van der Waals surface area contributed by atoms with E-state index in [1.165, 1.54) is 12.1 Å². The van der Waals surface area contributed by atoms with Crippen molar-refractivity contribution in [2.45, 2.75) is 19.0 Å². The molecule has 0 saturated carbocycles. The van der Waals surface area contributed by atoms with E-state index in [1.54, 1.807) is 6.07 Å². The first-order valence-electron chi connectivity index (χ1n) is 6.43. The highest BCUT2D eigenvalue weighted by Crippen LogP contribution is 2.34. The van der Waals surface area contributed by atoms with E-state index in [0.29, 0.717) is 18.8 Å². The molecule has 0 unspecified atom stereocenters. The number of piperidine rings is 1. The number of hydrogen-bond donors (Lipinski definition) is 1. The second-order valence-corrected chi connectivity index (χ2v) is 4.95. The molecule has 1 aromatic rings. The molecule has 20 heavy (non-hydrogen) atoms. The molecule has 3 nitrogen and oxygen atoms in total. The second kappa shape index (κ2) is 5.71. The molecule has 108 valence electrons. The number of anilines is 1. The Morgan fingerprint density at radius 1 is 1.30 bits per heavy atom. The minimum absolute atomic E-state index is 0.143. The molecule has 0 aromatic heterocycles. The van der Waals surface area contributed by atoms with Crippen molar-refractivity contribution >= 4 is 5.69 Å². The lowest BCUT2D eigenvalue weighted by Gasteiger charge is -2.33. The van der Waals surface area contributed by atoms with E-state index in [-0.39, 0.29) is 18.1 Å². The fraction of sp³-hybridized carbons (Fsp3) is 0.500. The van der Waals surface area contributed by atoms with Gasteiger partial charge in [-0.15, -0.1) is 0 Å². The van der Waals surface area contributed by atoms with Gasteiger partial charge in [-0.3, -0.25) is 0 Å². The van der Waals surface area contributed by atoms with Crippen LogP contribution >= 0.6 is 0 Å². The molecule has 0 atom stereocenters. The van der Waals surface area contributed by atoms with Gasteiger partial charge in [0, 0.05) is 25.4 Å². The van der Waals surface area contributed by atoms with Crippen molar-refractivity contribution in [2.24, 2.45) is 5.92 Å². The summed E-state index contributed by atoms with van der Waals surface area (Å²) in [6.07, 6.45) is -2.90. The quantitative estimate of drug-likeness (QED) is 0.908. The van der Waals surface area contributed by atoms with Crippen LogP contribution in [-0.2, 0) is 6.18 Å². The lowest BCUT2D eigenvalue weighted by Crippen LogP contribution is -2.34. The molecule has 1 saturated heterocycles. The van der Waals surface area contributed by atoms with Crippen molar-refractivity contribution in [1.29, 1.82) is 5.26 Å². The van der Waals surface area contributed by atoms with Crippen LogP contribution < -0.4 is 4.90 Å². The monoisotopic (exact) mass is 284 g/mol. The fourth-order valence-corrected chi connectivity index (χ4v) is 2.44. The fourth-order valence-electron chi connectivity index (χ4n) is 2.44. The number of halogens is 3. The first-order valence-corrected chi connectivity index (χ1v) is 6.43. The molecule has 2 rings (SSSR count). The average molecular weight is 284 g/mol. The zero-order valence-corrected chi connectivity index (χ0v) is 10.8. The molecule has 0 aliphatic carbocycles. The Kier molecular flexibility index (Phi) is 4.19. The maximum Gasteiger partial charge on any atom is 0.417 e. The van der Waals surface area contributed by atoms with Gasteiger partial charge in [0.15, 0.2) is 0 Å². The number of nitrogens with zero attached hydrogens (tertiary/aromatic N) is 2. The van der Waals surface area contributed by atoms with Gasteiger partial charge in [-0.1, -0.05) is 0 Å². The summed E-state index contributed by atoms with van der Waals surface area (Å²) in [6, 6.07) is 5.28.